The van der Waals surface area contributed by atoms with Crippen molar-refractivity contribution in [1.29, 1.82) is 0 Å². The Kier molecular flexibility index (Phi) is 21.2. The largest absolute Gasteiger partial charge is 0.481 e. The van der Waals surface area contributed by atoms with E-state index in [9.17, 15) is 62.0 Å². The minimum Gasteiger partial charge on any atom is -0.481 e. The molecular formula is C35H51F2N4O17PS2. The van der Waals surface area contributed by atoms with Gasteiger partial charge in [-0.25, -0.2) is 18.7 Å². The Labute approximate surface area is 357 Å². The summed E-state index contributed by atoms with van der Waals surface area (Å²) in [6.07, 6.45) is -3.82. The molecule has 0 radical (unpaired) electrons. The number of halogens is 2. The van der Waals surface area contributed by atoms with E-state index in [1.54, 1.807) is 11.8 Å². The van der Waals surface area contributed by atoms with Crippen LogP contribution in [-0.2, 0) is 61.3 Å². The van der Waals surface area contributed by atoms with Gasteiger partial charge in [0.15, 0.2) is 12.7 Å². The first kappa shape index (κ1) is 51.8. The first-order valence-corrected chi connectivity index (χ1v) is 22.6. The van der Waals surface area contributed by atoms with Crippen molar-refractivity contribution in [2.24, 2.45) is 11.8 Å². The number of nitrogens with zero attached hydrogens (tertiary/aromatic N) is 2. The van der Waals surface area contributed by atoms with Crippen molar-refractivity contribution in [2.45, 2.75) is 93.7 Å². The van der Waals surface area contributed by atoms with Crippen LogP contribution in [0.15, 0.2) is 17.1 Å². The standard InChI is InChI=1S/C35H51F2N4O17PS2/c1-3-21(17-60-25-4-5-26(25)61-18-22(32(48)49)14-23(43)9-13-53-12-8-20(2)42)31(47)39-10-6-28(44)54-16-29(45)55-19-57-59(51,52)56-15-24-30(46)35(36,37)33(58-24)41-11-7-27(38)40-34(41)50/h7,11,21-22,24-26,30,33,46H,3-6,8-10,12-19H2,1-2H3,(H,39,47)(H,48,49)(H,51,52)(H2,38,40,50)/t21?,22?,24-,25?,26?,30-,33-/m1/s1. The second-order valence-electron chi connectivity index (χ2n) is 13.9. The van der Waals surface area contributed by atoms with E-state index in [4.69, 9.17) is 19.9 Å². The number of carboxylic acid groups (broad SMARTS) is 1. The number of nitrogens with two attached hydrogens (primary N) is 1. The molecule has 1 aliphatic heterocycles. The molecule has 1 aromatic rings. The molecule has 1 amide bonds. The normalized spacial score (nSPS) is 22.6. The number of alkyl halides is 2. The lowest BCUT2D eigenvalue weighted by molar-refractivity contribution is -0.163. The van der Waals surface area contributed by atoms with Gasteiger partial charge in [-0.3, -0.25) is 33.1 Å². The van der Waals surface area contributed by atoms with Crippen LogP contribution in [0, 0.1) is 11.8 Å². The van der Waals surface area contributed by atoms with Gasteiger partial charge in [-0.05, 0) is 32.3 Å². The van der Waals surface area contributed by atoms with Gasteiger partial charge >= 0.3 is 37.3 Å². The summed E-state index contributed by atoms with van der Waals surface area (Å²) in [5.41, 5.74) is 4.14. The number of nitrogen functional groups attached to an aromatic ring is 1. The van der Waals surface area contributed by atoms with E-state index >= 15 is 0 Å². The number of amides is 1. The maximum Gasteiger partial charge on any atom is 0.475 e. The van der Waals surface area contributed by atoms with Crippen LogP contribution in [0.5, 0.6) is 0 Å². The van der Waals surface area contributed by atoms with E-state index in [1.165, 1.54) is 18.7 Å². The van der Waals surface area contributed by atoms with Crippen LogP contribution in [-0.4, -0.2) is 140 Å². The molecule has 6 N–H and O–H groups in total. The molecule has 0 spiro atoms. The number of phosphoric acid groups is 1. The van der Waals surface area contributed by atoms with E-state index in [-0.39, 0.29) is 90.9 Å². The summed E-state index contributed by atoms with van der Waals surface area (Å²) in [5.74, 6) is -8.49. The van der Waals surface area contributed by atoms with Gasteiger partial charge in [-0.1, -0.05) is 6.92 Å². The predicted molar refractivity (Wildman–Crippen MR) is 211 cm³/mol. The van der Waals surface area contributed by atoms with Crippen LogP contribution in [0.4, 0.5) is 14.6 Å². The zero-order valence-electron chi connectivity index (χ0n) is 33.4. The van der Waals surface area contributed by atoms with Gasteiger partial charge in [-0.15, -0.1) is 0 Å². The zero-order valence-corrected chi connectivity index (χ0v) is 35.9. The summed E-state index contributed by atoms with van der Waals surface area (Å²) in [4.78, 5) is 97.1. The summed E-state index contributed by atoms with van der Waals surface area (Å²) in [6.45, 7) is 0.264. The molecule has 3 rings (SSSR count). The Morgan fingerprint density at radius 2 is 1.70 bits per heavy atom. The van der Waals surface area contributed by atoms with Crippen molar-refractivity contribution in [1.82, 2.24) is 14.9 Å². The summed E-state index contributed by atoms with van der Waals surface area (Å²) < 4.78 is 70.5. The lowest BCUT2D eigenvalue weighted by Crippen LogP contribution is -2.41. The Balaban J connectivity index is 1.28. The van der Waals surface area contributed by atoms with Crippen LogP contribution < -0.4 is 16.7 Å². The topological polar surface area (TPSA) is 308 Å². The highest BCUT2D eigenvalue weighted by molar-refractivity contribution is 8.04. The number of aromatic nitrogens is 2. The molecule has 1 saturated heterocycles. The average molecular weight is 933 g/mol. The predicted octanol–water partition coefficient (Wildman–Crippen LogP) is 1.47. The molecular weight excluding hydrogens is 882 g/mol. The zero-order chi connectivity index (χ0) is 45.3. The van der Waals surface area contributed by atoms with Crippen molar-refractivity contribution in [3.05, 3.63) is 22.7 Å². The van der Waals surface area contributed by atoms with Crippen LogP contribution in [0.1, 0.15) is 65.0 Å². The smallest absolute Gasteiger partial charge is 0.475 e. The second-order valence-corrected chi connectivity index (χ2v) is 17.9. The molecule has 0 bridgehead atoms. The number of Topliss-reactive ketones (excluding diaryl/α,β-unsaturated/α-hetero) is 2. The van der Waals surface area contributed by atoms with Gasteiger partial charge in [0.25, 0.3) is 0 Å². The Morgan fingerprint density at radius 1 is 1.05 bits per heavy atom. The van der Waals surface area contributed by atoms with Gasteiger partial charge in [-0.2, -0.15) is 37.3 Å². The number of aliphatic carboxylic acids is 1. The molecule has 344 valence electrons. The maximum absolute atomic E-state index is 14.7. The third-order valence-electron chi connectivity index (χ3n) is 9.28. The highest BCUT2D eigenvalue weighted by atomic mass is 32.2. The molecule has 21 nitrogen and oxygen atoms in total. The minimum absolute atomic E-state index is 0.0242. The Bertz CT molecular complexity index is 1800. The van der Waals surface area contributed by atoms with E-state index in [0.717, 1.165) is 25.1 Å². The van der Waals surface area contributed by atoms with Crippen molar-refractivity contribution < 1.29 is 85.2 Å². The number of carbonyl (C=O) groups is 6. The van der Waals surface area contributed by atoms with E-state index in [0.29, 0.717) is 16.7 Å². The summed E-state index contributed by atoms with van der Waals surface area (Å²) in [6, 6.07) is 1.04. The fraction of sp³-hybridized carbons (Fsp3) is 0.714. The van der Waals surface area contributed by atoms with E-state index in [1.807, 2.05) is 6.92 Å². The minimum atomic E-state index is -5.09. The SMILES string of the molecule is CCC(CSC1CCC1SCC(CC(=O)CCOCCC(C)=O)C(=O)O)C(=O)NCCC(=O)OCC(=O)OCOP(=O)(O)OC[C@H]1O[C@@H](n2ccc(N)nc2=O)C(F)(F)[C@@H]1O. The first-order valence-electron chi connectivity index (χ1n) is 19.1. The lowest BCUT2D eigenvalue weighted by atomic mass is 9.99. The molecule has 2 aliphatic rings. The molecule has 2 heterocycles. The molecule has 8 atom stereocenters. The van der Waals surface area contributed by atoms with Gasteiger partial charge in [0.05, 0.1) is 32.2 Å². The van der Waals surface area contributed by atoms with Crippen LogP contribution in [0.2, 0.25) is 0 Å². The number of carboxylic acids is 1. The van der Waals surface area contributed by atoms with E-state index < -0.39 is 81.7 Å². The maximum atomic E-state index is 14.7. The highest BCUT2D eigenvalue weighted by Gasteiger charge is 2.60. The van der Waals surface area contributed by atoms with Crippen molar-refractivity contribution in [3.8, 4) is 0 Å². The number of nitrogens with one attached hydrogen (secondary N) is 1. The molecule has 61 heavy (non-hydrogen) atoms. The van der Waals surface area contributed by atoms with Gasteiger partial charge in [0.2, 0.25) is 18.9 Å². The number of hydrogen-bond donors (Lipinski definition) is 5. The number of thioether (sulfide) groups is 2. The Hall–Kier alpha value is -3.55. The van der Waals surface area contributed by atoms with Gasteiger partial charge in [0, 0.05) is 59.9 Å². The van der Waals surface area contributed by atoms with Crippen molar-refractivity contribution in [2.75, 3.05) is 57.0 Å². The number of hydrogen-bond acceptors (Lipinski definition) is 19. The molecule has 26 heteroatoms. The molecule has 1 saturated carbocycles. The number of aliphatic hydroxyl groups is 1. The molecule has 2 fully saturated rings. The summed E-state index contributed by atoms with van der Waals surface area (Å²) >= 11 is 3.10. The average Bonchev–Trinajstić information content (AvgIpc) is 3.40. The number of ketones is 2. The lowest BCUT2D eigenvalue weighted by Gasteiger charge is -2.36. The number of phosphoric ester groups is 1. The van der Waals surface area contributed by atoms with Crippen molar-refractivity contribution in [3.63, 3.8) is 0 Å². The number of aliphatic hydroxyl groups excluding tert-OH is 1. The number of rotatable bonds is 29. The van der Waals surface area contributed by atoms with Crippen LogP contribution >= 0.6 is 31.3 Å². The molecule has 1 aromatic heterocycles. The number of carbonyl (C=O) groups excluding carboxylic acids is 5. The number of ether oxygens (including phenoxy) is 4. The molecule has 0 aromatic carbocycles. The van der Waals surface area contributed by atoms with Crippen LogP contribution in [0.3, 0.4) is 0 Å². The first-order chi connectivity index (χ1) is 28.7. The van der Waals surface area contributed by atoms with E-state index in [2.05, 4.69) is 24.1 Å². The molecule has 1 aliphatic carbocycles. The Morgan fingerprint density at radius 3 is 2.31 bits per heavy atom. The highest BCUT2D eigenvalue weighted by Crippen LogP contribution is 2.47. The summed E-state index contributed by atoms with van der Waals surface area (Å²) in [7, 11) is -5.09. The second kappa shape index (κ2) is 24.9. The van der Waals surface area contributed by atoms with Gasteiger partial charge < -0.3 is 45.1 Å². The molecule has 5 unspecified atom stereocenters. The summed E-state index contributed by atoms with van der Waals surface area (Å²) in [5, 5.41) is 22.7. The third-order valence-corrected chi connectivity index (χ3v) is 13.5. The fourth-order valence-electron chi connectivity index (χ4n) is 5.54. The number of anilines is 1. The number of esters is 2. The monoisotopic (exact) mass is 932 g/mol. The van der Waals surface area contributed by atoms with Crippen LogP contribution in [0.25, 0.3) is 0 Å². The quantitative estimate of drug-likeness (QED) is 0.0329. The van der Waals surface area contributed by atoms with Gasteiger partial charge in [0.1, 0.15) is 23.5 Å². The third kappa shape index (κ3) is 17.3. The fourth-order valence-corrected chi connectivity index (χ4v) is 9.52. The van der Waals surface area contributed by atoms with Crippen molar-refractivity contribution >= 4 is 72.5 Å².